The first-order chi connectivity index (χ1) is 6.11. The number of hydrogen-bond donors (Lipinski definition) is 0. The molecule has 0 aromatic carbocycles. The fraction of sp³-hybridized carbons (Fsp3) is 0.692. The quantitative estimate of drug-likeness (QED) is 0.597. The summed E-state index contributed by atoms with van der Waals surface area (Å²) in [7, 11) is 0. The van der Waals surface area contributed by atoms with Crippen molar-refractivity contribution >= 4 is 0 Å². The minimum absolute atomic E-state index is 0.761. The zero-order chi connectivity index (χ0) is 9.59. The molecule has 0 amide bonds. The highest BCUT2D eigenvalue weighted by molar-refractivity contribution is 5.48. The average molecular weight is 176 g/mol. The van der Waals surface area contributed by atoms with Crippen molar-refractivity contribution in [2.45, 2.75) is 40.5 Å². The molecular weight excluding hydrogens is 156 g/mol. The van der Waals surface area contributed by atoms with Crippen LogP contribution in [-0.4, -0.2) is 0 Å². The predicted molar refractivity (Wildman–Crippen MR) is 57.5 cm³/mol. The Kier molecular flexibility index (Phi) is 2.09. The molecule has 1 fully saturated rings. The van der Waals surface area contributed by atoms with Crippen LogP contribution in [0.25, 0.3) is 0 Å². The molecule has 0 N–H and O–H groups in total. The monoisotopic (exact) mass is 176 g/mol. The molecule has 2 aliphatic rings. The molecule has 13 heavy (non-hydrogen) atoms. The molecule has 2 atom stereocenters. The van der Waals surface area contributed by atoms with Crippen LogP contribution in [0.2, 0.25) is 0 Å². The van der Waals surface area contributed by atoms with E-state index in [0.717, 1.165) is 17.8 Å². The smallest absolute Gasteiger partial charge is 0.000838 e. The van der Waals surface area contributed by atoms with E-state index in [1.54, 1.807) is 16.7 Å². The van der Waals surface area contributed by atoms with Crippen molar-refractivity contribution < 1.29 is 0 Å². The van der Waals surface area contributed by atoms with E-state index in [1.807, 2.05) is 0 Å². The Morgan fingerprint density at radius 2 is 2.00 bits per heavy atom. The van der Waals surface area contributed by atoms with Gasteiger partial charge in [0.05, 0.1) is 0 Å². The summed E-state index contributed by atoms with van der Waals surface area (Å²) < 4.78 is 0. The molecule has 2 aliphatic carbocycles. The van der Waals surface area contributed by atoms with E-state index in [9.17, 15) is 0 Å². The van der Waals surface area contributed by atoms with Gasteiger partial charge in [0.25, 0.3) is 0 Å². The van der Waals surface area contributed by atoms with Gasteiger partial charge in [-0.2, -0.15) is 0 Å². The van der Waals surface area contributed by atoms with Crippen LogP contribution in [0.4, 0.5) is 0 Å². The second-order valence-electron chi connectivity index (χ2n) is 4.97. The van der Waals surface area contributed by atoms with Crippen molar-refractivity contribution in [1.82, 2.24) is 0 Å². The molecule has 2 rings (SSSR count). The lowest BCUT2D eigenvalue weighted by Gasteiger charge is -2.28. The van der Waals surface area contributed by atoms with Crippen molar-refractivity contribution in [3.8, 4) is 0 Å². The number of rotatable bonds is 2. The molecule has 1 saturated carbocycles. The van der Waals surface area contributed by atoms with Crippen LogP contribution in [0.5, 0.6) is 0 Å². The van der Waals surface area contributed by atoms with Gasteiger partial charge in [0, 0.05) is 0 Å². The van der Waals surface area contributed by atoms with Crippen molar-refractivity contribution in [3.63, 3.8) is 0 Å². The van der Waals surface area contributed by atoms with Crippen LogP contribution in [0.1, 0.15) is 40.5 Å². The maximum Gasteiger partial charge on any atom is -0.000838 e. The van der Waals surface area contributed by atoms with E-state index in [0.29, 0.717) is 0 Å². The van der Waals surface area contributed by atoms with Crippen LogP contribution in [0.15, 0.2) is 22.8 Å². The Hall–Kier alpha value is -0.520. The van der Waals surface area contributed by atoms with Gasteiger partial charge in [-0.25, -0.2) is 0 Å². The van der Waals surface area contributed by atoms with Gasteiger partial charge in [0.15, 0.2) is 0 Å². The third-order valence-corrected chi connectivity index (χ3v) is 3.85. The van der Waals surface area contributed by atoms with Gasteiger partial charge in [0.2, 0.25) is 0 Å². The van der Waals surface area contributed by atoms with E-state index < -0.39 is 0 Å². The lowest BCUT2D eigenvalue weighted by atomic mass is 9.76. The Labute approximate surface area is 81.7 Å². The topological polar surface area (TPSA) is 0 Å². The van der Waals surface area contributed by atoms with Crippen molar-refractivity contribution in [3.05, 3.63) is 22.8 Å². The Bertz CT molecular complexity index is 278. The zero-order valence-electron chi connectivity index (χ0n) is 9.22. The molecule has 0 saturated heterocycles. The Balaban J connectivity index is 2.27. The summed E-state index contributed by atoms with van der Waals surface area (Å²) in [4.78, 5) is 0. The molecule has 0 spiro atoms. The zero-order valence-corrected chi connectivity index (χ0v) is 9.22. The maximum absolute atomic E-state index is 2.48. The van der Waals surface area contributed by atoms with Crippen LogP contribution >= 0.6 is 0 Å². The third kappa shape index (κ3) is 1.27. The molecule has 0 aromatic rings. The molecule has 2 unspecified atom stereocenters. The summed E-state index contributed by atoms with van der Waals surface area (Å²) in [5.74, 6) is 2.39. The highest BCUT2D eigenvalue weighted by Crippen LogP contribution is 2.48. The summed E-state index contributed by atoms with van der Waals surface area (Å²) >= 11 is 0. The minimum Gasteiger partial charge on any atom is -0.0741 e. The summed E-state index contributed by atoms with van der Waals surface area (Å²) in [6, 6.07) is 0. The second kappa shape index (κ2) is 3.01. The maximum atomic E-state index is 2.48. The molecule has 0 nitrogen and oxygen atoms in total. The van der Waals surface area contributed by atoms with Gasteiger partial charge in [-0.15, -0.1) is 0 Å². The summed E-state index contributed by atoms with van der Waals surface area (Å²) in [5.41, 5.74) is 5.03. The normalized spacial score (nSPS) is 28.7. The van der Waals surface area contributed by atoms with Gasteiger partial charge in [-0.3, -0.25) is 0 Å². The first-order valence-corrected chi connectivity index (χ1v) is 5.53. The second-order valence-corrected chi connectivity index (χ2v) is 4.97. The number of fused-ring (bicyclic) bond motifs is 1. The number of allylic oxidation sites excluding steroid dienone is 4. The Morgan fingerprint density at radius 1 is 1.31 bits per heavy atom. The fourth-order valence-electron chi connectivity index (χ4n) is 2.60. The average Bonchev–Trinajstić information content (AvgIpc) is 2.25. The predicted octanol–water partition coefficient (Wildman–Crippen LogP) is 3.95. The van der Waals surface area contributed by atoms with Gasteiger partial charge in [-0.1, -0.05) is 38.0 Å². The molecule has 0 radical (unpaired) electrons. The minimum atomic E-state index is 0.761. The highest BCUT2D eigenvalue weighted by Gasteiger charge is 2.33. The van der Waals surface area contributed by atoms with Gasteiger partial charge < -0.3 is 0 Å². The standard InChI is InChI=1S/C13H20/c1-8(2)10(4)13-9(3)7-11-5-6-12(11)13/h7-8,10-11H,5-6H2,1-4H3. The van der Waals surface area contributed by atoms with Gasteiger partial charge in [0.1, 0.15) is 0 Å². The first kappa shape index (κ1) is 9.05. The molecule has 0 aromatic heterocycles. The molecule has 72 valence electrons. The summed E-state index contributed by atoms with van der Waals surface area (Å²) in [6.07, 6.45) is 5.25. The van der Waals surface area contributed by atoms with Crippen molar-refractivity contribution in [1.29, 1.82) is 0 Å². The molecule has 0 heterocycles. The third-order valence-electron chi connectivity index (χ3n) is 3.85. The molecule has 0 heteroatoms. The van der Waals surface area contributed by atoms with Crippen LogP contribution < -0.4 is 0 Å². The van der Waals surface area contributed by atoms with E-state index in [-0.39, 0.29) is 0 Å². The molecule has 0 aliphatic heterocycles. The largest absolute Gasteiger partial charge is 0.0741 e. The van der Waals surface area contributed by atoms with Crippen LogP contribution in [0.3, 0.4) is 0 Å². The van der Waals surface area contributed by atoms with Gasteiger partial charge in [-0.05, 0) is 43.1 Å². The molecule has 0 bridgehead atoms. The lowest BCUT2D eigenvalue weighted by molar-refractivity contribution is 0.462. The summed E-state index contributed by atoms with van der Waals surface area (Å²) in [5, 5.41) is 0. The van der Waals surface area contributed by atoms with Gasteiger partial charge >= 0.3 is 0 Å². The van der Waals surface area contributed by atoms with Crippen LogP contribution in [0, 0.1) is 17.8 Å². The first-order valence-electron chi connectivity index (χ1n) is 5.53. The fourth-order valence-corrected chi connectivity index (χ4v) is 2.60. The number of hydrogen-bond acceptors (Lipinski definition) is 0. The highest BCUT2D eigenvalue weighted by atomic mass is 14.4. The van der Waals surface area contributed by atoms with Crippen molar-refractivity contribution in [2.75, 3.05) is 0 Å². The molecular formula is C13H20. The van der Waals surface area contributed by atoms with E-state index in [1.165, 1.54) is 12.8 Å². The SMILES string of the molecule is CC1=CC2CCC2=C1C(C)C(C)C. The van der Waals surface area contributed by atoms with E-state index >= 15 is 0 Å². The Morgan fingerprint density at radius 3 is 2.38 bits per heavy atom. The lowest BCUT2D eigenvalue weighted by Crippen LogP contribution is -2.15. The summed E-state index contributed by atoms with van der Waals surface area (Å²) in [6.45, 7) is 9.33. The van der Waals surface area contributed by atoms with E-state index in [4.69, 9.17) is 0 Å². The van der Waals surface area contributed by atoms with Crippen LogP contribution in [-0.2, 0) is 0 Å². The van der Waals surface area contributed by atoms with E-state index in [2.05, 4.69) is 33.8 Å². The van der Waals surface area contributed by atoms with Crippen molar-refractivity contribution in [2.24, 2.45) is 17.8 Å².